The first-order valence-corrected chi connectivity index (χ1v) is 7.76. The Morgan fingerprint density at radius 2 is 1.86 bits per heavy atom. The van der Waals surface area contributed by atoms with E-state index in [2.05, 4.69) is 31.3 Å². The van der Waals surface area contributed by atoms with Crippen molar-refractivity contribution in [1.29, 1.82) is 0 Å². The molecular formula is C17H27ClN2O2. The minimum Gasteiger partial charge on any atom is -0.371 e. The summed E-state index contributed by atoms with van der Waals surface area (Å²) in [5.74, 6) is 1.10. The van der Waals surface area contributed by atoms with Gasteiger partial charge in [0.2, 0.25) is 5.91 Å². The fourth-order valence-electron chi connectivity index (χ4n) is 2.12. The average Bonchev–Trinajstić information content (AvgIpc) is 3.29. The standard InChI is InChI=1S/C17H26N2O2.ClH/c1-12(2)14-5-7-15(8-6-14)16(18)9-19-17(20)11-21-10-13-3-4-13;/h5-8,12-13,16H,3-4,9-11,18H2,1-2H3,(H,19,20);1H. The highest BCUT2D eigenvalue weighted by atomic mass is 35.5. The zero-order valence-corrected chi connectivity index (χ0v) is 14.2. The first-order chi connectivity index (χ1) is 10.1. The van der Waals surface area contributed by atoms with Crippen molar-refractivity contribution in [1.82, 2.24) is 5.32 Å². The number of carbonyl (C=O) groups excluding carboxylic acids is 1. The Bertz CT molecular complexity index is 458. The Morgan fingerprint density at radius 1 is 1.27 bits per heavy atom. The minimum atomic E-state index is -0.182. The maximum atomic E-state index is 11.6. The largest absolute Gasteiger partial charge is 0.371 e. The van der Waals surface area contributed by atoms with E-state index in [1.54, 1.807) is 0 Å². The van der Waals surface area contributed by atoms with Gasteiger partial charge in [0.15, 0.2) is 0 Å². The van der Waals surface area contributed by atoms with Gasteiger partial charge in [0, 0.05) is 12.6 Å². The van der Waals surface area contributed by atoms with E-state index in [9.17, 15) is 4.79 Å². The smallest absolute Gasteiger partial charge is 0.246 e. The SMILES string of the molecule is CC(C)c1ccc(C(N)CNC(=O)COCC2CC2)cc1.Cl. The van der Waals surface area contributed by atoms with Gasteiger partial charge >= 0.3 is 0 Å². The monoisotopic (exact) mass is 326 g/mol. The number of halogens is 1. The minimum absolute atomic E-state index is 0. The lowest BCUT2D eigenvalue weighted by molar-refractivity contribution is -0.125. The number of benzene rings is 1. The molecule has 1 aromatic carbocycles. The van der Waals surface area contributed by atoms with Crippen molar-refractivity contribution >= 4 is 18.3 Å². The third-order valence-corrected chi connectivity index (χ3v) is 3.83. The Balaban J connectivity index is 0.00000242. The van der Waals surface area contributed by atoms with Gasteiger partial charge in [0.05, 0.1) is 6.61 Å². The molecule has 1 fully saturated rings. The van der Waals surface area contributed by atoms with Crippen LogP contribution in [0.15, 0.2) is 24.3 Å². The zero-order valence-electron chi connectivity index (χ0n) is 13.4. The maximum absolute atomic E-state index is 11.6. The fourth-order valence-corrected chi connectivity index (χ4v) is 2.12. The summed E-state index contributed by atoms with van der Waals surface area (Å²) in [6.07, 6.45) is 2.47. The molecule has 0 radical (unpaired) electrons. The van der Waals surface area contributed by atoms with Crippen LogP contribution in [-0.4, -0.2) is 25.7 Å². The van der Waals surface area contributed by atoms with Crippen molar-refractivity contribution < 1.29 is 9.53 Å². The van der Waals surface area contributed by atoms with E-state index in [1.807, 2.05) is 12.1 Å². The molecule has 3 N–H and O–H groups in total. The molecule has 1 unspecified atom stereocenters. The number of rotatable bonds is 8. The second-order valence-corrected chi connectivity index (χ2v) is 6.19. The van der Waals surface area contributed by atoms with Gasteiger partial charge in [0.25, 0.3) is 0 Å². The number of hydrogen-bond donors (Lipinski definition) is 2. The maximum Gasteiger partial charge on any atom is 0.246 e. The number of ether oxygens (including phenoxy) is 1. The number of nitrogens with one attached hydrogen (secondary N) is 1. The van der Waals surface area contributed by atoms with Crippen LogP contribution in [0.25, 0.3) is 0 Å². The van der Waals surface area contributed by atoms with Crippen LogP contribution in [0.1, 0.15) is 49.8 Å². The normalized spacial score (nSPS) is 15.3. The Kier molecular flexibility index (Phi) is 7.87. The molecule has 1 amide bonds. The van der Waals surface area contributed by atoms with Crippen LogP contribution in [0.4, 0.5) is 0 Å². The van der Waals surface area contributed by atoms with Gasteiger partial charge in [-0.05, 0) is 35.8 Å². The zero-order chi connectivity index (χ0) is 15.2. The molecule has 0 saturated heterocycles. The summed E-state index contributed by atoms with van der Waals surface area (Å²) in [7, 11) is 0. The van der Waals surface area contributed by atoms with E-state index in [-0.39, 0.29) is 31.0 Å². The molecule has 0 aliphatic heterocycles. The summed E-state index contributed by atoms with van der Waals surface area (Å²) in [6, 6.07) is 8.09. The highest BCUT2D eigenvalue weighted by Crippen LogP contribution is 2.28. The average molecular weight is 327 g/mol. The van der Waals surface area contributed by atoms with Gasteiger partial charge in [0.1, 0.15) is 6.61 Å². The molecule has 4 nitrogen and oxygen atoms in total. The Morgan fingerprint density at radius 3 is 2.41 bits per heavy atom. The number of carbonyl (C=O) groups is 1. The Labute approximate surface area is 139 Å². The van der Waals surface area contributed by atoms with Crippen LogP contribution in [-0.2, 0) is 9.53 Å². The quantitative estimate of drug-likeness (QED) is 0.772. The molecule has 0 aromatic heterocycles. The lowest BCUT2D eigenvalue weighted by atomic mass is 9.99. The molecule has 1 aliphatic rings. The lowest BCUT2D eigenvalue weighted by Gasteiger charge is -2.14. The van der Waals surface area contributed by atoms with Crippen molar-refractivity contribution in [3.63, 3.8) is 0 Å². The van der Waals surface area contributed by atoms with Crippen LogP contribution < -0.4 is 11.1 Å². The summed E-state index contributed by atoms with van der Waals surface area (Å²) in [5.41, 5.74) is 8.44. The van der Waals surface area contributed by atoms with Gasteiger partial charge in [-0.25, -0.2) is 0 Å². The number of hydrogen-bond acceptors (Lipinski definition) is 3. The molecule has 1 saturated carbocycles. The van der Waals surface area contributed by atoms with Crippen LogP contribution >= 0.6 is 12.4 Å². The molecule has 124 valence electrons. The van der Waals surface area contributed by atoms with Crippen LogP contribution in [0.5, 0.6) is 0 Å². The summed E-state index contributed by atoms with van der Waals surface area (Å²) in [4.78, 5) is 11.6. The van der Waals surface area contributed by atoms with Crippen LogP contribution in [0, 0.1) is 5.92 Å². The van der Waals surface area contributed by atoms with E-state index in [1.165, 1.54) is 18.4 Å². The molecule has 0 spiro atoms. The third-order valence-electron chi connectivity index (χ3n) is 3.83. The predicted molar refractivity (Wildman–Crippen MR) is 91.3 cm³/mol. The highest BCUT2D eigenvalue weighted by Gasteiger charge is 2.21. The Hall–Kier alpha value is -1.10. The van der Waals surface area contributed by atoms with Crippen molar-refractivity contribution in [3.05, 3.63) is 35.4 Å². The van der Waals surface area contributed by atoms with Crippen LogP contribution in [0.2, 0.25) is 0 Å². The topological polar surface area (TPSA) is 64.3 Å². The van der Waals surface area contributed by atoms with Gasteiger partial charge in [-0.3, -0.25) is 4.79 Å². The molecule has 0 heterocycles. The molecule has 5 heteroatoms. The summed E-state index contributed by atoms with van der Waals surface area (Å²) in [6.45, 7) is 5.60. The summed E-state index contributed by atoms with van der Waals surface area (Å²) < 4.78 is 5.35. The first-order valence-electron chi connectivity index (χ1n) is 7.76. The highest BCUT2D eigenvalue weighted by molar-refractivity contribution is 5.85. The molecule has 1 atom stereocenters. The molecule has 1 aliphatic carbocycles. The van der Waals surface area contributed by atoms with Gasteiger partial charge < -0.3 is 15.8 Å². The second-order valence-electron chi connectivity index (χ2n) is 6.19. The van der Waals surface area contributed by atoms with Crippen molar-refractivity contribution in [3.8, 4) is 0 Å². The molecule has 1 aromatic rings. The number of amides is 1. The molecular weight excluding hydrogens is 300 g/mol. The van der Waals surface area contributed by atoms with E-state index >= 15 is 0 Å². The molecule has 0 bridgehead atoms. The second kappa shape index (κ2) is 9.13. The molecule has 22 heavy (non-hydrogen) atoms. The van der Waals surface area contributed by atoms with Gasteiger partial charge in [-0.15, -0.1) is 12.4 Å². The first kappa shape index (κ1) is 18.9. The van der Waals surface area contributed by atoms with E-state index in [0.717, 1.165) is 5.56 Å². The summed E-state index contributed by atoms with van der Waals surface area (Å²) in [5, 5.41) is 2.82. The third kappa shape index (κ3) is 6.34. The summed E-state index contributed by atoms with van der Waals surface area (Å²) >= 11 is 0. The van der Waals surface area contributed by atoms with Crippen molar-refractivity contribution in [2.24, 2.45) is 11.7 Å². The van der Waals surface area contributed by atoms with Crippen molar-refractivity contribution in [2.75, 3.05) is 19.8 Å². The predicted octanol–water partition coefficient (Wildman–Crippen LogP) is 2.77. The molecule has 2 rings (SSSR count). The van der Waals surface area contributed by atoms with Crippen molar-refractivity contribution in [2.45, 2.75) is 38.6 Å². The van der Waals surface area contributed by atoms with E-state index in [4.69, 9.17) is 10.5 Å². The lowest BCUT2D eigenvalue weighted by Crippen LogP contribution is -2.34. The van der Waals surface area contributed by atoms with E-state index in [0.29, 0.717) is 25.0 Å². The van der Waals surface area contributed by atoms with Gasteiger partial charge in [-0.2, -0.15) is 0 Å². The van der Waals surface area contributed by atoms with Gasteiger partial charge in [-0.1, -0.05) is 38.1 Å². The number of nitrogens with two attached hydrogens (primary N) is 1. The fraction of sp³-hybridized carbons (Fsp3) is 0.588. The van der Waals surface area contributed by atoms with E-state index < -0.39 is 0 Å². The van der Waals surface area contributed by atoms with Crippen LogP contribution in [0.3, 0.4) is 0 Å².